The van der Waals surface area contributed by atoms with Gasteiger partial charge in [-0.3, -0.25) is 0 Å². The molecule has 1 aromatic heterocycles. The number of hydrogen-bond donors (Lipinski definition) is 1. The Bertz CT molecular complexity index is 689. The minimum Gasteiger partial charge on any atom is -0.375 e. The summed E-state index contributed by atoms with van der Waals surface area (Å²) in [6.07, 6.45) is 0.786. The van der Waals surface area contributed by atoms with Crippen LogP contribution in [0.25, 0.3) is 10.2 Å². The van der Waals surface area contributed by atoms with Gasteiger partial charge in [-0.2, -0.15) is 0 Å². The molecule has 2 nitrogen and oxygen atoms in total. The minimum absolute atomic E-state index is 0.204. The number of thiazole rings is 1. The second-order valence-electron chi connectivity index (χ2n) is 4.16. The van der Waals surface area contributed by atoms with Crippen LogP contribution >= 0.6 is 11.3 Å². The predicted octanol–water partition coefficient (Wildman–Crippen LogP) is 3.61. The van der Waals surface area contributed by atoms with Crippen LogP contribution < -0.4 is 5.73 Å². The van der Waals surface area contributed by atoms with E-state index in [0.717, 1.165) is 22.2 Å². The van der Waals surface area contributed by atoms with E-state index < -0.39 is 0 Å². The number of benzene rings is 2. The number of halogens is 1. The Morgan fingerprint density at radius 2 is 1.78 bits per heavy atom. The van der Waals surface area contributed by atoms with Crippen molar-refractivity contribution in [3.63, 3.8) is 0 Å². The number of fused-ring (bicyclic) bond motifs is 1. The topological polar surface area (TPSA) is 38.9 Å². The Morgan fingerprint density at radius 1 is 1.06 bits per heavy atom. The third-order valence-corrected chi connectivity index (χ3v) is 3.64. The van der Waals surface area contributed by atoms with Gasteiger partial charge in [-0.1, -0.05) is 29.5 Å². The zero-order valence-corrected chi connectivity index (χ0v) is 10.4. The van der Waals surface area contributed by atoms with E-state index in [0.29, 0.717) is 5.13 Å². The highest BCUT2D eigenvalue weighted by Crippen LogP contribution is 2.25. The molecule has 2 aromatic carbocycles. The summed E-state index contributed by atoms with van der Waals surface area (Å²) in [5.41, 5.74) is 8.88. The third kappa shape index (κ3) is 2.19. The first kappa shape index (κ1) is 11.2. The smallest absolute Gasteiger partial charge is 0.181 e. The van der Waals surface area contributed by atoms with E-state index in [1.54, 1.807) is 12.1 Å². The van der Waals surface area contributed by atoms with Gasteiger partial charge in [0.05, 0.1) is 10.2 Å². The average Bonchev–Trinajstić information content (AvgIpc) is 2.71. The SMILES string of the molecule is Nc1nc2ccc(Cc3ccc(F)cc3)cc2s1. The lowest BCUT2D eigenvalue weighted by Gasteiger charge is -2.01. The number of anilines is 1. The highest BCUT2D eigenvalue weighted by molar-refractivity contribution is 7.22. The summed E-state index contributed by atoms with van der Waals surface area (Å²) in [6.45, 7) is 0. The van der Waals surface area contributed by atoms with E-state index in [9.17, 15) is 4.39 Å². The van der Waals surface area contributed by atoms with Crippen molar-refractivity contribution >= 4 is 26.7 Å². The fourth-order valence-electron chi connectivity index (χ4n) is 1.93. The highest BCUT2D eigenvalue weighted by Gasteiger charge is 2.03. The van der Waals surface area contributed by atoms with Gasteiger partial charge < -0.3 is 5.73 Å². The van der Waals surface area contributed by atoms with E-state index in [-0.39, 0.29) is 5.82 Å². The van der Waals surface area contributed by atoms with Gasteiger partial charge in [0.25, 0.3) is 0 Å². The molecular weight excluding hydrogens is 247 g/mol. The van der Waals surface area contributed by atoms with E-state index in [1.807, 2.05) is 12.1 Å². The first-order valence-corrected chi connectivity index (χ1v) is 6.42. The normalized spacial score (nSPS) is 10.9. The molecule has 0 saturated heterocycles. The van der Waals surface area contributed by atoms with Crippen LogP contribution in [0, 0.1) is 5.82 Å². The van der Waals surface area contributed by atoms with Crippen molar-refractivity contribution in [3.05, 3.63) is 59.4 Å². The molecule has 0 radical (unpaired) electrons. The van der Waals surface area contributed by atoms with Crippen molar-refractivity contribution in [1.29, 1.82) is 0 Å². The van der Waals surface area contributed by atoms with Crippen molar-refractivity contribution in [2.45, 2.75) is 6.42 Å². The summed E-state index contributed by atoms with van der Waals surface area (Å²) in [5.74, 6) is -0.204. The van der Waals surface area contributed by atoms with Gasteiger partial charge in [-0.05, 0) is 41.8 Å². The van der Waals surface area contributed by atoms with Gasteiger partial charge in [0.1, 0.15) is 5.82 Å². The summed E-state index contributed by atoms with van der Waals surface area (Å²) in [7, 11) is 0. The molecule has 3 aromatic rings. The Balaban J connectivity index is 1.92. The quantitative estimate of drug-likeness (QED) is 0.762. The molecule has 0 spiro atoms. The molecule has 0 amide bonds. The number of hydrogen-bond acceptors (Lipinski definition) is 3. The van der Waals surface area contributed by atoms with Crippen molar-refractivity contribution < 1.29 is 4.39 Å². The van der Waals surface area contributed by atoms with Crippen LogP contribution in [-0.2, 0) is 6.42 Å². The molecule has 0 aliphatic rings. The molecule has 0 aliphatic carbocycles. The number of nitrogens with two attached hydrogens (primary N) is 1. The average molecular weight is 258 g/mol. The van der Waals surface area contributed by atoms with E-state index >= 15 is 0 Å². The van der Waals surface area contributed by atoms with Crippen molar-refractivity contribution in [1.82, 2.24) is 4.98 Å². The van der Waals surface area contributed by atoms with Crippen LogP contribution in [0.4, 0.5) is 9.52 Å². The highest BCUT2D eigenvalue weighted by atomic mass is 32.1. The fourth-order valence-corrected chi connectivity index (χ4v) is 2.73. The van der Waals surface area contributed by atoms with Crippen LogP contribution in [0.15, 0.2) is 42.5 Å². The second-order valence-corrected chi connectivity index (χ2v) is 5.22. The molecule has 18 heavy (non-hydrogen) atoms. The zero-order valence-electron chi connectivity index (χ0n) is 9.56. The number of nitrogens with zero attached hydrogens (tertiary/aromatic N) is 1. The molecule has 0 bridgehead atoms. The maximum Gasteiger partial charge on any atom is 0.181 e. The van der Waals surface area contributed by atoms with Gasteiger partial charge in [0.15, 0.2) is 5.13 Å². The molecule has 3 rings (SSSR count). The summed E-state index contributed by atoms with van der Waals surface area (Å²) in [5, 5.41) is 0.587. The Labute approximate surface area is 108 Å². The fraction of sp³-hybridized carbons (Fsp3) is 0.0714. The summed E-state index contributed by atoms with van der Waals surface area (Å²) in [4.78, 5) is 4.22. The second kappa shape index (κ2) is 4.38. The van der Waals surface area contributed by atoms with E-state index in [2.05, 4.69) is 11.1 Å². The summed E-state index contributed by atoms with van der Waals surface area (Å²) in [6, 6.07) is 12.7. The standard InChI is InChI=1S/C14H11FN2S/c15-11-4-1-9(2-5-11)7-10-3-6-12-13(8-10)18-14(16)17-12/h1-6,8H,7H2,(H2,16,17). The van der Waals surface area contributed by atoms with E-state index in [1.165, 1.54) is 29.0 Å². The maximum absolute atomic E-state index is 12.8. The molecule has 90 valence electrons. The van der Waals surface area contributed by atoms with Crippen LogP contribution in [0.3, 0.4) is 0 Å². The predicted molar refractivity (Wildman–Crippen MR) is 73.2 cm³/mol. The molecule has 0 fully saturated rings. The summed E-state index contributed by atoms with van der Waals surface area (Å²) >= 11 is 1.49. The molecule has 0 atom stereocenters. The van der Waals surface area contributed by atoms with Gasteiger partial charge >= 0.3 is 0 Å². The van der Waals surface area contributed by atoms with Crippen LogP contribution in [0.2, 0.25) is 0 Å². The maximum atomic E-state index is 12.8. The Kier molecular flexibility index (Phi) is 2.72. The van der Waals surface area contributed by atoms with Crippen molar-refractivity contribution in [3.8, 4) is 0 Å². The van der Waals surface area contributed by atoms with Crippen LogP contribution in [0.1, 0.15) is 11.1 Å². The lowest BCUT2D eigenvalue weighted by molar-refractivity contribution is 0.627. The molecule has 1 heterocycles. The third-order valence-electron chi connectivity index (χ3n) is 2.79. The molecule has 0 saturated carbocycles. The lowest BCUT2D eigenvalue weighted by Crippen LogP contribution is -1.88. The van der Waals surface area contributed by atoms with Crippen LogP contribution in [0.5, 0.6) is 0 Å². The van der Waals surface area contributed by atoms with Gasteiger partial charge in [-0.15, -0.1) is 0 Å². The minimum atomic E-state index is -0.204. The molecule has 0 unspecified atom stereocenters. The molecule has 0 aliphatic heterocycles. The van der Waals surface area contributed by atoms with Gasteiger partial charge in [0, 0.05) is 0 Å². The zero-order chi connectivity index (χ0) is 12.5. The van der Waals surface area contributed by atoms with Gasteiger partial charge in [0.2, 0.25) is 0 Å². The largest absolute Gasteiger partial charge is 0.375 e. The molecule has 2 N–H and O–H groups in total. The van der Waals surface area contributed by atoms with E-state index in [4.69, 9.17) is 5.73 Å². The Morgan fingerprint density at radius 3 is 2.56 bits per heavy atom. The molecule has 4 heteroatoms. The monoisotopic (exact) mass is 258 g/mol. The summed E-state index contributed by atoms with van der Waals surface area (Å²) < 4.78 is 13.9. The van der Waals surface area contributed by atoms with Crippen molar-refractivity contribution in [2.75, 3.05) is 5.73 Å². The van der Waals surface area contributed by atoms with Crippen molar-refractivity contribution in [2.24, 2.45) is 0 Å². The number of rotatable bonds is 2. The first-order chi connectivity index (χ1) is 8.70. The first-order valence-electron chi connectivity index (χ1n) is 5.60. The molecular formula is C14H11FN2S. The number of aromatic nitrogens is 1. The van der Waals surface area contributed by atoms with Gasteiger partial charge in [-0.25, -0.2) is 9.37 Å². The number of nitrogen functional groups attached to an aromatic ring is 1. The van der Waals surface area contributed by atoms with Crippen LogP contribution in [-0.4, -0.2) is 4.98 Å². The lowest BCUT2D eigenvalue weighted by atomic mass is 10.1. The Hall–Kier alpha value is -1.94.